The summed E-state index contributed by atoms with van der Waals surface area (Å²) in [5.74, 6) is 0.999. The molecule has 37 heavy (non-hydrogen) atoms. The Morgan fingerprint density at radius 1 is 0.973 bits per heavy atom. The first kappa shape index (κ1) is 22.8. The summed E-state index contributed by atoms with van der Waals surface area (Å²) < 4.78 is 0. The summed E-state index contributed by atoms with van der Waals surface area (Å²) in [4.78, 5) is 42.9. The molecule has 0 saturated carbocycles. The molecular formula is C28H27N7O2. The van der Waals surface area contributed by atoms with Crippen LogP contribution in [-0.2, 0) is 17.8 Å². The molecule has 0 aliphatic carbocycles. The molecule has 9 nitrogen and oxygen atoms in total. The number of anilines is 1. The number of aromatic nitrogens is 4. The predicted molar refractivity (Wildman–Crippen MR) is 143 cm³/mol. The molecule has 3 aromatic heterocycles. The van der Waals surface area contributed by atoms with Crippen LogP contribution in [0.5, 0.6) is 0 Å². The quantitative estimate of drug-likeness (QED) is 0.268. The normalized spacial score (nSPS) is 13.1. The summed E-state index contributed by atoms with van der Waals surface area (Å²) >= 11 is 0. The van der Waals surface area contributed by atoms with Crippen LogP contribution >= 0.6 is 0 Å². The van der Waals surface area contributed by atoms with E-state index >= 15 is 0 Å². The van der Waals surface area contributed by atoms with Gasteiger partial charge < -0.3 is 25.5 Å². The van der Waals surface area contributed by atoms with Crippen molar-refractivity contribution in [1.29, 1.82) is 0 Å². The van der Waals surface area contributed by atoms with Gasteiger partial charge in [0, 0.05) is 48.7 Å². The lowest BCUT2D eigenvalue weighted by atomic mass is 10.0. The summed E-state index contributed by atoms with van der Waals surface area (Å²) in [6, 6.07) is 19.8. The first-order valence-corrected chi connectivity index (χ1v) is 12.4. The SMILES string of the molecule is CC(=O)NCCNc1nc(-c2ccccc2)nc2[nH]c(C(=O)N3CCc4c([nH]c5ccccc45)C3)cc12. The number of rotatable bonds is 6. The topological polar surface area (TPSA) is 119 Å². The highest BCUT2D eigenvalue weighted by Gasteiger charge is 2.26. The van der Waals surface area contributed by atoms with Gasteiger partial charge in [0.2, 0.25) is 5.91 Å². The van der Waals surface area contributed by atoms with Crippen LogP contribution in [-0.4, -0.2) is 56.3 Å². The Morgan fingerprint density at radius 2 is 1.78 bits per heavy atom. The Balaban J connectivity index is 1.31. The van der Waals surface area contributed by atoms with Crippen molar-refractivity contribution in [3.63, 3.8) is 0 Å². The van der Waals surface area contributed by atoms with E-state index in [0.717, 1.165) is 28.6 Å². The third kappa shape index (κ3) is 4.40. The minimum atomic E-state index is -0.0891. The maximum atomic E-state index is 13.6. The molecule has 0 atom stereocenters. The van der Waals surface area contributed by atoms with E-state index in [1.54, 1.807) is 0 Å². The molecule has 6 rings (SSSR count). The number of hydrogen-bond donors (Lipinski definition) is 4. The number of amides is 2. The zero-order valence-electron chi connectivity index (χ0n) is 20.5. The summed E-state index contributed by atoms with van der Waals surface area (Å²) in [6.07, 6.45) is 0.805. The second kappa shape index (κ2) is 9.42. The van der Waals surface area contributed by atoms with E-state index in [2.05, 4.69) is 32.7 Å². The highest BCUT2D eigenvalue weighted by atomic mass is 16.2. The minimum absolute atomic E-state index is 0.0761. The van der Waals surface area contributed by atoms with E-state index < -0.39 is 0 Å². The second-order valence-electron chi connectivity index (χ2n) is 9.22. The molecular weight excluding hydrogens is 466 g/mol. The van der Waals surface area contributed by atoms with Crippen molar-refractivity contribution in [3.05, 3.63) is 77.6 Å². The van der Waals surface area contributed by atoms with Gasteiger partial charge in [-0.3, -0.25) is 9.59 Å². The maximum absolute atomic E-state index is 13.6. The van der Waals surface area contributed by atoms with Gasteiger partial charge in [-0.2, -0.15) is 0 Å². The molecule has 1 aliphatic heterocycles. The van der Waals surface area contributed by atoms with Crippen molar-refractivity contribution in [3.8, 4) is 11.4 Å². The molecule has 2 aromatic carbocycles. The fraction of sp³-hybridized carbons (Fsp3) is 0.214. The van der Waals surface area contributed by atoms with E-state index in [0.29, 0.717) is 49.2 Å². The zero-order valence-corrected chi connectivity index (χ0v) is 20.5. The van der Waals surface area contributed by atoms with Crippen molar-refractivity contribution < 1.29 is 9.59 Å². The van der Waals surface area contributed by atoms with Crippen molar-refractivity contribution in [2.75, 3.05) is 25.0 Å². The van der Waals surface area contributed by atoms with Crippen LogP contribution in [0.1, 0.15) is 28.7 Å². The van der Waals surface area contributed by atoms with Gasteiger partial charge in [-0.05, 0) is 24.1 Å². The lowest BCUT2D eigenvalue weighted by Gasteiger charge is -2.26. The summed E-state index contributed by atoms with van der Waals surface area (Å²) in [5, 5.41) is 8.04. The maximum Gasteiger partial charge on any atom is 0.270 e. The average Bonchev–Trinajstić information content (AvgIpc) is 3.52. The molecule has 0 bridgehead atoms. The van der Waals surface area contributed by atoms with Crippen LogP contribution in [0.3, 0.4) is 0 Å². The van der Waals surface area contributed by atoms with Gasteiger partial charge in [-0.25, -0.2) is 9.97 Å². The summed E-state index contributed by atoms with van der Waals surface area (Å²) in [5.41, 5.74) is 5.41. The van der Waals surface area contributed by atoms with Crippen LogP contribution in [0.4, 0.5) is 5.82 Å². The Kier molecular flexibility index (Phi) is 5.80. The Morgan fingerprint density at radius 3 is 2.62 bits per heavy atom. The van der Waals surface area contributed by atoms with Crippen LogP contribution < -0.4 is 10.6 Å². The van der Waals surface area contributed by atoms with Gasteiger partial charge in [-0.15, -0.1) is 0 Å². The number of fused-ring (bicyclic) bond motifs is 4. The van der Waals surface area contributed by atoms with Crippen LogP contribution in [0.15, 0.2) is 60.7 Å². The van der Waals surface area contributed by atoms with E-state index in [4.69, 9.17) is 9.97 Å². The number of para-hydroxylation sites is 1. The number of H-pyrrole nitrogens is 2. The van der Waals surface area contributed by atoms with Crippen molar-refractivity contribution >= 4 is 39.6 Å². The van der Waals surface area contributed by atoms with E-state index in [1.807, 2.05) is 53.4 Å². The largest absolute Gasteiger partial charge is 0.368 e. The van der Waals surface area contributed by atoms with Crippen LogP contribution in [0.2, 0.25) is 0 Å². The standard InChI is InChI=1S/C28H27N7O2/c1-17(36)29-12-13-30-26-21-15-23(32-27(21)34-25(33-26)18-7-3-2-4-8-18)28(37)35-14-11-20-19-9-5-6-10-22(19)31-24(20)16-35/h2-10,15,31H,11-14,16H2,1H3,(H,29,36)(H2,30,32,33,34). The second-order valence-corrected chi connectivity index (χ2v) is 9.22. The van der Waals surface area contributed by atoms with Crippen molar-refractivity contribution in [2.24, 2.45) is 0 Å². The molecule has 0 saturated heterocycles. The van der Waals surface area contributed by atoms with Gasteiger partial charge in [0.25, 0.3) is 5.91 Å². The molecule has 5 aromatic rings. The average molecular weight is 494 g/mol. The molecule has 4 N–H and O–H groups in total. The first-order valence-electron chi connectivity index (χ1n) is 12.4. The Bertz CT molecular complexity index is 1620. The molecule has 4 heterocycles. The lowest BCUT2D eigenvalue weighted by molar-refractivity contribution is -0.118. The fourth-order valence-corrected chi connectivity index (χ4v) is 4.93. The van der Waals surface area contributed by atoms with Gasteiger partial charge in [0.1, 0.15) is 17.2 Å². The van der Waals surface area contributed by atoms with Crippen molar-refractivity contribution in [2.45, 2.75) is 19.9 Å². The van der Waals surface area contributed by atoms with Crippen LogP contribution in [0, 0.1) is 0 Å². The molecule has 186 valence electrons. The zero-order chi connectivity index (χ0) is 25.4. The number of aromatic amines is 2. The number of benzene rings is 2. The van der Waals surface area contributed by atoms with Gasteiger partial charge in [-0.1, -0.05) is 48.5 Å². The monoisotopic (exact) mass is 493 g/mol. The number of nitrogens with one attached hydrogen (secondary N) is 4. The number of carbonyl (C=O) groups is 2. The molecule has 0 unspecified atom stereocenters. The molecule has 1 aliphatic rings. The minimum Gasteiger partial charge on any atom is -0.368 e. The number of carbonyl (C=O) groups excluding carboxylic acids is 2. The Hall–Kier alpha value is -4.66. The highest BCUT2D eigenvalue weighted by molar-refractivity contribution is 6.00. The predicted octanol–water partition coefficient (Wildman–Crippen LogP) is 3.85. The Labute approximate surface area is 213 Å². The van der Waals surface area contributed by atoms with Gasteiger partial charge in [0.15, 0.2) is 5.82 Å². The van der Waals surface area contributed by atoms with Gasteiger partial charge >= 0.3 is 0 Å². The molecule has 2 amide bonds. The molecule has 0 radical (unpaired) electrons. The molecule has 9 heteroatoms. The summed E-state index contributed by atoms with van der Waals surface area (Å²) in [7, 11) is 0. The first-order chi connectivity index (χ1) is 18.1. The number of nitrogens with zero attached hydrogens (tertiary/aromatic N) is 3. The number of hydrogen-bond acceptors (Lipinski definition) is 5. The van der Waals surface area contributed by atoms with E-state index in [9.17, 15) is 9.59 Å². The van der Waals surface area contributed by atoms with Crippen molar-refractivity contribution in [1.82, 2.24) is 30.2 Å². The van der Waals surface area contributed by atoms with Crippen LogP contribution in [0.25, 0.3) is 33.3 Å². The third-order valence-corrected chi connectivity index (χ3v) is 6.71. The molecule has 0 fully saturated rings. The summed E-state index contributed by atoms with van der Waals surface area (Å²) in [6.45, 7) is 3.61. The smallest absolute Gasteiger partial charge is 0.270 e. The van der Waals surface area contributed by atoms with Gasteiger partial charge in [0.05, 0.1) is 11.9 Å². The van der Waals surface area contributed by atoms with E-state index in [-0.39, 0.29) is 11.8 Å². The van der Waals surface area contributed by atoms with E-state index in [1.165, 1.54) is 17.9 Å². The third-order valence-electron chi connectivity index (χ3n) is 6.71. The fourth-order valence-electron chi connectivity index (χ4n) is 4.93. The lowest BCUT2D eigenvalue weighted by Crippen LogP contribution is -2.36. The molecule has 0 spiro atoms. The highest BCUT2D eigenvalue weighted by Crippen LogP contribution is 2.30.